The number of rotatable bonds is 3. The maximum absolute atomic E-state index is 11.5. The van der Waals surface area contributed by atoms with Gasteiger partial charge in [0.05, 0.1) is 0 Å². The molecule has 0 aromatic heterocycles. The van der Waals surface area contributed by atoms with Gasteiger partial charge in [0, 0.05) is 4.21 Å². The van der Waals surface area contributed by atoms with Crippen molar-refractivity contribution in [2.45, 2.75) is 6.17 Å². The molecule has 7 heavy (non-hydrogen) atoms. The van der Waals surface area contributed by atoms with Gasteiger partial charge in [0.25, 0.3) is 5.75 Å². The predicted octanol–water partition coefficient (Wildman–Crippen LogP) is 0.722. The van der Waals surface area contributed by atoms with Gasteiger partial charge in [-0.3, -0.25) is 0 Å². The van der Waals surface area contributed by atoms with E-state index in [1.165, 1.54) is 0 Å². The van der Waals surface area contributed by atoms with Crippen molar-refractivity contribution in [3.8, 4) is 0 Å². The zero-order valence-corrected chi connectivity index (χ0v) is 4.38. The van der Waals surface area contributed by atoms with E-state index in [4.69, 9.17) is 0 Å². The third kappa shape index (κ3) is 3.72. The van der Waals surface area contributed by atoms with Crippen LogP contribution in [0.25, 0.3) is 0 Å². The third-order valence-electron chi connectivity index (χ3n) is 0.416. The minimum Gasteiger partial charge on any atom is -0.248 e. The van der Waals surface area contributed by atoms with Crippen LogP contribution in [0.4, 0.5) is 8.78 Å². The number of halogens is 2. The minimum absolute atomic E-state index is 0.0693. The van der Waals surface area contributed by atoms with E-state index >= 15 is 0 Å². The molecule has 1 unspecified atom stereocenters. The Labute approximate surface area is 44.2 Å². The smallest absolute Gasteiger partial charge is 0.248 e. The third-order valence-corrected chi connectivity index (χ3v) is 0.914. The van der Waals surface area contributed by atoms with E-state index in [-0.39, 0.29) is 17.4 Å². The molecule has 0 bridgehead atoms. The molecule has 0 aliphatic heterocycles. The Balaban J connectivity index is 2.98. The van der Waals surface area contributed by atoms with Gasteiger partial charge in [-0.1, -0.05) is 0 Å². The molecule has 0 rings (SSSR count). The van der Waals surface area contributed by atoms with E-state index in [1.54, 1.807) is 0 Å². The van der Waals surface area contributed by atoms with Crippen molar-refractivity contribution in [2.24, 2.45) is 0 Å². The van der Waals surface area contributed by atoms with Gasteiger partial charge in [0.15, 0.2) is 6.17 Å². The second-order valence-corrected chi connectivity index (χ2v) is 1.61. The summed E-state index contributed by atoms with van der Waals surface area (Å²) in [7, 11) is 0. The molecule has 0 N–H and O–H groups in total. The fourth-order valence-electron chi connectivity index (χ4n) is 0.118. The van der Waals surface area contributed by atoms with Crippen LogP contribution in [0, 0.1) is 0 Å². The van der Waals surface area contributed by atoms with Crippen molar-refractivity contribution in [1.82, 2.24) is 0 Å². The summed E-state index contributed by atoms with van der Waals surface area (Å²) in [6.45, 7) is -1.05. The van der Waals surface area contributed by atoms with Gasteiger partial charge in [0.2, 0.25) is 0 Å². The molecular weight excluding hydrogens is 122 g/mol. The van der Waals surface area contributed by atoms with E-state index < -0.39 is 12.8 Å². The summed E-state index contributed by atoms with van der Waals surface area (Å²) in [5.74, 6) is -0.281. The highest BCUT2D eigenvalue weighted by Gasteiger charge is 2.12. The van der Waals surface area contributed by atoms with E-state index in [0.29, 0.717) is 0 Å². The molecule has 42 valence electrons. The Morgan fingerprint density at radius 3 is 2.43 bits per heavy atom. The molecule has 0 amide bonds. The zero-order valence-electron chi connectivity index (χ0n) is 3.56. The molecule has 0 radical (unpaired) electrons. The predicted molar refractivity (Wildman–Crippen MR) is 23.8 cm³/mol. The first-order chi connectivity index (χ1) is 3.31. The molecule has 1 atom stereocenters. The summed E-state index contributed by atoms with van der Waals surface area (Å²) in [4.78, 5) is 0. The van der Waals surface area contributed by atoms with Crippen LogP contribution < -0.4 is 0 Å². The lowest BCUT2D eigenvalue weighted by molar-refractivity contribution is 0.285. The topological polar surface area (TPSA) is 17.1 Å². The van der Waals surface area contributed by atoms with E-state index in [0.717, 1.165) is 0 Å². The molecule has 0 aliphatic carbocycles. The van der Waals surface area contributed by atoms with Gasteiger partial charge in [-0.05, 0) is 0 Å². The first-order valence-electron chi connectivity index (χ1n) is 1.76. The van der Waals surface area contributed by atoms with Crippen molar-refractivity contribution >= 4 is 11.7 Å². The maximum Gasteiger partial charge on any atom is 0.462 e. The van der Waals surface area contributed by atoms with Crippen LogP contribution in [0.2, 0.25) is 0 Å². The average Bonchev–Trinajstić information content (AvgIpc) is 1.68. The molecule has 0 aromatic carbocycles. The van der Waals surface area contributed by atoms with Crippen molar-refractivity contribution < 1.29 is 13.0 Å². The standard InChI is InChI=1S/C3H5F2OS/c4-1-3(5)2-7-6/h3H,1-2H2/q+1. The van der Waals surface area contributed by atoms with Crippen LogP contribution in [-0.2, 0) is 15.9 Å². The monoisotopic (exact) mass is 127 g/mol. The van der Waals surface area contributed by atoms with Crippen molar-refractivity contribution in [3.05, 3.63) is 0 Å². The molecule has 0 aliphatic rings. The molecule has 0 spiro atoms. The van der Waals surface area contributed by atoms with Crippen LogP contribution in [0.15, 0.2) is 0 Å². The summed E-state index contributed by atoms with van der Waals surface area (Å²) >= 11 is 0.0693. The quantitative estimate of drug-likeness (QED) is 0.510. The molecule has 0 fully saturated rings. The summed E-state index contributed by atoms with van der Waals surface area (Å²) in [6, 6.07) is 0. The van der Waals surface area contributed by atoms with Crippen LogP contribution in [0.5, 0.6) is 0 Å². The van der Waals surface area contributed by atoms with E-state index in [1.807, 2.05) is 0 Å². The normalized spacial score (nSPS) is 13.4. The highest BCUT2D eigenvalue weighted by molar-refractivity contribution is 7.65. The largest absolute Gasteiger partial charge is 0.462 e. The summed E-state index contributed by atoms with van der Waals surface area (Å²) in [6.07, 6.45) is -1.57. The van der Waals surface area contributed by atoms with Gasteiger partial charge in [-0.2, -0.15) is 0 Å². The lowest BCUT2D eigenvalue weighted by atomic mass is 10.5. The highest BCUT2D eigenvalue weighted by Crippen LogP contribution is 1.88. The van der Waals surface area contributed by atoms with Crippen LogP contribution >= 0.6 is 0 Å². The highest BCUT2D eigenvalue weighted by atomic mass is 32.1. The summed E-state index contributed by atoms with van der Waals surface area (Å²) in [5, 5.41) is 0. The fraction of sp³-hybridized carbons (Fsp3) is 1.00. The molecule has 0 saturated heterocycles. The second-order valence-electron chi connectivity index (χ2n) is 1.04. The number of hydrogen-bond acceptors (Lipinski definition) is 1. The van der Waals surface area contributed by atoms with Crippen molar-refractivity contribution in [1.29, 1.82) is 0 Å². The Hall–Kier alpha value is -0.120. The molecule has 0 heterocycles. The molecule has 0 saturated carbocycles. The Kier molecular flexibility index (Phi) is 3.98. The first kappa shape index (κ1) is 6.88. The second kappa shape index (κ2) is 4.05. The van der Waals surface area contributed by atoms with Crippen LogP contribution in [0.3, 0.4) is 0 Å². The number of hydrogen-bond donors (Lipinski definition) is 0. The van der Waals surface area contributed by atoms with E-state index in [2.05, 4.69) is 0 Å². The number of alkyl halides is 2. The van der Waals surface area contributed by atoms with Crippen molar-refractivity contribution in [2.75, 3.05) is 12.4 Å². The van der Waals surface area contributed by atoms with Crippen LogP contribution in [0.1, 0.15) is 0 Å². The van der Waals surface area contributed by atoms with Gasteiger partial charge < -0.3 is 0 Å². The molecule has 1 nitrogen and oxygen atoms in total. The minimum atomic E-state index is -1.57. The molecule has 0 aromatic rings. The Morgan fingerprint density at radius 2 is 2.29 bits per heavy atom. The van der Waals surface area contributed by atoms with Gasteiger partial charge >= 0.3 is 11.7 Å². The first-order valence-corrected chi connectivity index (χ1v) is 2.67. The van der Waals surface area contributed by atoms with Gasteiger partial charge in [-0.25, -0.2) is 8.78 Å². The maximum atomic E-state index is 11.5. The zero-order chi connectivity index (χ0) is 5.70. The molecule has 4 heteroatoms. The SMILES string of the molecule is O=[S+]CC(F)CF. The van der Waals surface area contributed by atoms with Gasteiger partial charge in [0.1, 0.15) is 6.67 Å². The lowest BCUT2D eigenvalue weighted by Gasteiger charge is -1.83. The lowest BCUT2D eigenvalue weighted by Crippen LogP contribution is -2.06. The fourth-order valence-corrected chi connectivity index (χ4v) is 0.355. The Bertz CT molecular complexity index is 58.9. The van der Waals surface area contributed by atoms with Gasteiger partial charge in [-0.15, -0.1) is 0 Å². The van der Waals surface area contributed by atoms with Crippen molar-refractivity contribution in [3.63, 3.8) is 0 Å². The van der Waals surface area contributed by atoms with E-state index in [9.17, 15) is 13.0 Å². The Morgan fingerprint density at radius 1 is 1.71 bits per heavy atom. The average molecular weight is 127 g/mol. The summed E-state index contributed by atoms with van der Waals surface area (Å²) < 4.78 is 32.0. The van der Waals surface area contributed by atoms with Crippen LogP contribution in [-0.4, -0.2) is 18.6 Å². The molecular formula is C3H5F2OS+. The summed E-state index contributed by atoms with van der Waals surface area (Å²) in [5.41, 5.74) is 0.